The van der Waals surface area contributed by atoms with Crippen LogP contribution in [0.15, 0.2) is 4.99 Å². The summed E-state index contributed by atoms with van der Waals surface area (Å²) < 4.78 is 23.0. The van der Waals surface area contributed by atoms with Gasteiger partial charge in [0.1, 0.15) is 0 Å². The lowest BCUT2D eigenvalue weighted by atomic mass is 10.2. The molecule has 0 radical (unpaired) electrons. The van der Waals surface area contributed by atoms with Crippen LogP contribution in [-0.2, 0) is 9.13 Å². The van der Waals surface area contributed by atoms with Gasteiger partial charge in [-0.25, -0.2) is 4.99 Å². The molecular formula is C7H15N3O6P2. The molecule has 0 spiro atoms. The van der Waals surface area contributed by atoms with Crippen molar-refractivity contribution in [2.45, 2.75) is 17.9 Å². The zero-order valence-corrected chi connectivity index (χ0v) is 11.2. The third kappa shape index (κ3) is 2.11. The van der Waals surface area contributed by atoms with Gasteiger partial charge < -0.3 is 29.8 Å². The number of fused-ring (bicyclic) bond motifs is 1. The topological polar surface area (TPSA) is 143 Å². The summed E-state index contributed by atoms with van der Waals surface area (Å²) in [6, 6.07) is 0. The van der Waals surface area contributed by atoms with E-state index in [-0.39, 0.29) is 18.9 Å². The maximum absolute atomic E-state index is 11.5. The van der Waals surface area contributed by atoms with Crippen LogP contribution in [0.5, 0.6) is 0 Å². The molecule has 0 aromatic rings. The Morgan fingerprint density at radius 3 is 2.33 bits per heavy atom. The second kappa shape index (κ2) is 4.30. The van der Waals surface area contributed by atoms with E-state index in [1.54, 1.807) is 4.90 Å². The highest BCUT2D eigenvalue weighted by molar-refractivity contribution is 7.72. The summed E-state index contributed by atoms with van der Waals surface area (Å²) in [4.78, 5) is 42.5. The molecule has 0 aliphatic carbocycles. The van der Waals surface area contributed by atoms with Gasteiger partial charge in [0.2, 0.25) is 0 Å². The number of hydrogen-bond donors (Lipinski definition) is 5. The lowest BCUT2D eigenvalue weighted by Gasteiger charge is -2.41. The third-order valence-electron chi connectivity index (χ3n) is 3.12. The summed E-state index contributed by atoms with van der Waals surface area (Å²) in [6.45, 7) is 1.38. The summed E-state index contributed by atoms with van der Waals surface area (Å²) in [7, 11) is -10.1. The van der Waals surface area contributed by atoms with Crippen LogP contribution in [-0.4, -0.2) is 55.1 Å². The van der Waals surface area contributed by atoms with E-state index in [1.165, 1.54) is 0 Å². The minimum Gasteiger partial charge on any atom is -0.356 e. The Kier molecular flexibility index (Phi) is 3.34. The molecule has 0 aromatic heterocycles. The molecule has 18 heavy (non-hydrogen) atoms. The van der Waals surface area contributed by atoms with Gasteiger partial charge in [-0.1, -0.05) is 0 Å². The van der Waals surface area contributed by atoms with Crippen molar-refractivity contribution < 1.29 is 28.7 Å². The van der Waals surface area contributed by atoms with Gasteiger partial charge in [-0.2, -0.15) is 0 Å². The number of nitrogens with zero attached hydrogens (tertiary/aromatic N) is 2. The van der Waals surface area contributed by atoms with E-state index in [2.05, 4.69) is 10.3 Å². The number of nitrogens with one attached hydrogen (secondary N) is 1. The summed E-state index contributed by atoms with van der Waals surface area (Å²) in [5, 5.41) is 0.167. The van der Waals surface area contributed by atoms with Crippen molar-refractivity contribution in [2.24, 2.45) is 4.99 Å². The van der Waals surface area contributed by atoms with E-state index >= 15 is 0 Å². The van der Waals surface area contributed by atoms with E-state index in [0.717, 1.165) is 6.42 Å². The predicted molar refractivity (Wildman–Crippen MR) is 63.1 cm³/mol. The first-order valence-electron chi connectivity index (χ1n) is 5.37. The third-order valence-corrected chi connectivity index (χ3v) is 7.20. The molecule has 11 heteroatoms. The van der Waals surface area contributed by atoms with Gasteiger partial charge >= 0.3 is 15.2 Å². The maximum Gasteiger partial charge on any atom is 0.365 e. The fourth-order valence-corrected chi connectivity index (χ4v) is 4.71. The van der Waals surface area contributed by atoms with Crippen molar-refractivity contribution in [3.05, 3.63) is 0 Å². The SMILES string of the molecule is O=P(O)(O)C1(P(=O)(O)O)CCN2CCCNC2=N1. The van der Waals surface area contributed by atoms with Crippen molar-refractivity contribution in [2.75, 3.05) is 19.6 Å². The minimum atomic E-state index is -5.07. The zero-order chi connectivity index (χ0) is 13.6. The first-order valence-corrected chi connectivity index (χ1v) is 8.60. The molecule has 0 unspecified atom stereocenters. The summed E-state index contributed by atoms with van der Waals surface area (Å²) >= 11 is 0. The zero-order valence-electron chi connectivity index (χ0n) is 9.43. The second-order valence-corrected chi connectivity index (χ2v) is 8.32. The van der Waals surface area contributed by atoms with Crippen molar-refractivity contribution in [1.82, 2.24) is 10.2 Å². The van der Waals surface area contributed by atoms with Crippen LogP contribution in [0.2, 0.25) is 0 Å². The Bertz CT molecular complexity index is 446. The van der Waals surface area contributed by atoms with Crippen molar-refractivity contribution in [3.8, 4) is 0 Å². The Labute approximate surface area is 103 Å². The average Bonchev–Trinajstić information content (AvgIpc) is 2.25. The first kappa shape index (κ1) is 14.0. The molecular weight excluding hydrogens is 284 g/mol. The van der Waals surface area contributed by atoms with E-state index in [1.807, 2.05) is 0 Å². The molecule has 104 valence electrons. The predicted octanol–water partition coefficient (Wildman–Crippen LogP) is -0.949. The number of guanidine groups is 1. The minimum absolute atomic E-state index is 0.152. The molecule has 0 amide bonds. The maximum atomic E-state index is 11.5. The summed E-state index contributed by atoms with van der Waals surface area (Å²) in [5.41, 5.74) is 0. The van der Waals surface area contributed by atoms with Crippen LogP contribution < -0.4 is 5.32 Å². The molecule has 1 fully saturated rings. The van der Waals surface area contributed by atoms with Gasteiger partial charge in [0.05, 0.1) is 0 Å². The van der Waals surface area contributed by atoms with Gasteiger partial charge in [0.15, 0.2) is 5.96 Å². The lowest BCUT2D eigenvalue weighted by Crippen LogP contribution is -2.53. The largest absolute Gasteiger partial charge is 0.365 e. The van der Waals surface area contributed by atoms with Crippen molar-refractivity contribution in [1.29, 1.82) is 0 Å². The normalized spacial score (nSPS) is 24.0. The fourth-order valence-electron chi connectivity index (χ4n) is 2.12. The Morgan fingerprint density at radius 1 is 1.17 bits per heavy atom. The van der Waals surface area contributed by atoms with Crippen molar-refractivity contribution in [3.63, 3.8) is 0 Å². The van der Waals surface area contributed by atoms with E-state index in [0.29, 0.717) is 13.1 Å². The van der Waals surface area contributed by atoms with E-state index in [4.69, 9.17) is 0 Å². The highest BCUT2D eigenvalue weighted by atomic mass is 31.2. The molecule has 9 nitrogen and oxygen atoms in total. The molecule has 1 saturated heterocycles. The number of aliphatic imine (C=N–C) groups is 1. The van der Waals surface area contributed by atoms with Crippen LogP contribution in [0.4, 0.5) is 0 Å². The van der Waals surface area contributed by atoms with Crippen LogP contribution in [0.3, 0.4) is 0 Å². The molecule has 2 heterocycles. The summed E-state index contributed by atoms with van der Waals surface area (Å²) in [5.74, 6) is 0.152. The smallest absolute Gasteiger partial charge is 0.356 e. The van der Waals surface area contributed by atoms with E-state index in [9.17, 15) is 28.7 Å². The van der Waals surface area contributed by atoms with Gasteiger partial charge in [-0.3, -0.25) is 9.13 Å². The van der Waals surface area contributed by atoms with Crippen LogP contribution in [0, 0.1) is 0 Å². The lowest BCUT2D eigenvalue weighted by molar-refractivity contribution is 0.266. The highest BCUT2D eigenvalue weighted by Gasteiger charge is 2.62. The van der Waals surface area contributed by atoms with Crippen LogP contribution in [0.25, 0.3) is 0 Å². The molecule has 2 aliphatic rings. The Hall–Kier alpha value is -0.430. The van der Waals surface area contributed by atoms with Crippen LogP contribution >= 0.6 is 15.2 Å². The Balaban J connectivity index is 2.51. The molecule has 2 aliphatic heterocycles. The first-order chi connectivity index (χ1) is 8.17. The molecule has 0 saturated carbocycles. The summed E-state index contributed by atoms with van der Waals surface area (Å²) in [6.07, 6.45) is 0.477. The number of hydrogen-bond acceptors (Lipinski definition) is 5. The number of rotatable bonds is 2. The van der Waals surface area contributed by atoms with Crippen LogP contribution in [0.1, 0.15) is 12.8 Å². The quantitative estimate of drug-likeness (QED) is 0.411. The molecule has 0 bridgehead atoms. The standard InChI is InChI=1S/C7H15N3O6P2/c11-17(12,13)7(18(14,15)16)2-5-10-4-1-3-8-6(10)9-7/h1-5H2,(H,8,9)(H2,11,12,13)(H2,14,15,16). The van der Waals surface area contributed by atoms with Gasteiger partial charge in [0, 0.05) is 26.1 Å². The van der Waals surface area contributed by atoms with Gasteiger partial charge in [0.25, 0.3) is 5.02 Å². The van der Waals surface area contributed by atoms with Gasteiger partial charge in [-0.15, -0.1) is 0 Å². The molecule has 0 aromatic carbocycles. The second-order valence-electron chi connectivity index (χ2n) is 4.32. The molecule has 0 atom stereocenters. The van der Waals surface area contributed by atoms with E-state index < -0.39 is 20.2 Å². The molecule has 2 rings (SSSR count). The van der Waals surface area contributed by atoms with Gasteiger partial charge in [-0.05, 0) is 6.42 Å². The monoisotopic (exact) mass is 299 g/mol. The fraction of sp³-hybridized carbons (Fsp3) is 0.857. The molecule has 5 N–H and O–H groups in total. The average molecular weight is 299 g/mol. The highest BCUT2D eigenvalue weighted by Crippen LogP contribution is 2.72. The van der Waals surface area contributed by atoms with Crippen molar-refractivity contribution >= 4 is 21.2 Å². The Morgan fingerprint density at radius 2 is 1.78 bits per heavy atom.